The molecule has 1 aliphatic heterocycles. The molecule has 1 heterocycles. The van der Waals surface area contributed by atoms with E-state index in [2.05, 4.69) is 29.2 Å². The van der Waals surface area contributed by atoms with E-state index in [4.69, 9.17) is 11.6 Å². The molecule has 0 fully saturated rings. The van der Waals surface area contributed by atoms with E-state index >= 15 is 0 Å². The number of aryl methyl sites for hydroxylation is 1. The Labute approximate surface area is 117 Å². The fourth-order valence-corrected chi connectivity index (χ4v) is 2.84. The third kappa shape index (κ3) is 2.07. The highest BCUT2D eigenvalue weighted by molar-refractivity contribution is 6.32. The highest BCUT2D eigenvalue weighted by Crippen LogP contribution is 2.36. The summed E-state index contributed by atoms with van der Waals surface area (Å²) in [5.74, 6) is 0. The van der Waals surface area contributed by atoms with Crippen molar-refractivity contribution in [1.29, 1.82) is 5.26 Å². The highest BCUT2D eigenvalue weighted by atomic mass is 35.5. The fraction of sp³-hybridized carbons (Fsp3) is 0.188. The van der Waals surface area contributed by atoms with Crippen LogP contribution in [0.3, 0.4) is 0 Å². The normalized spacial score (nSPS) is 13.8. The second kappa shape index (κ2) is 4.95. The van der Waals surface area contributed by atoms with Gasteiger partial charge in [0.05, 0.1) is 16.3 Å². The van der Waals surface area contributed by atoms with Crippen molar-refractivity contribution in [3.8, 4) is 6.07 Å². The van der Waals surface area contributed by atoms with Crippen LogP contribution >= 0.6 is 11.6 Å². The maximum atomic E-state index is 9.32. The second-order valence-corrected chi connectivity index (χ2v) is 5.04. The van der Waals surface area contributed by atoms with E-state index in [1.54, 1.807) is 6.07 Å². The first-order valence-corrected chi connectivity index (χ1v) is 6.73. The summed E-state index contributed by atoms with van der Waals surface area (Å²) in [6.45, 7) is 0.923. The van der Waals surface area contributed by atoms with Gasteiger partial charge in [-0.25, -0.2) is 0 Å². The van der Waals surface area contributed by atoms with Gasteiger partial charge in [-0.05, 0) is 36.6 Å². The zero-order valence-corrected chi connectivity index (χ0v) is 11.2. The van der Waals surface area contributed by atoms with Crippen LogP contribution in [0, 0.1) is 11.3 Å². The molecule has 3 rings (SSSR count). The van der Waals surface area contributed by atoms with E-state index < -0.39 is 0 Å². The molecule has 0 saturated carbocycles. The van der Waals surface area contributed by atoms with Gasteiger partial charge in [0, 0.05) is 12.2 Å². The average Bonchev–Trinajstić information content (AvgIpc) is 2.46. The van der Waals surface area contributed by atoms with E-state index in [1.807, 2.05) is 18.2 Å². The fourth-order valence-electron chi connectivity index (χ4n) is 2.63. The summed E-state index contributed by atoms with van der Waals surface area (Å²) in [6.07, 6.45) is 2.18. The number of para-hydroxylation sites is 1. The van der Waals surface area contributed by atoms with Gasteiger partial charge in [-0.1, -0.05) is 35.9 Å². The zero-order valence-electron chi connectivity index (χ0n) is 10.4. The number of halogens is 1. The van der Waals surface area contributed by atoms with Crippen molar-refractivity contribution in [3.63, 3.8) is 0 Å². The first-order valence-electron chi connectivity index (χ1n) is 6.35. The molecule has 19 heavy (non-hydrogen) atoms. The van der Waals surface area contributed by atoms with Gasteiger partial charge >= 0.3 is 0 Å². The van der Waals surface area contributed by atoms with Crippen molar-refractivity contribution in [3.05, 3.63) is 58.6 Å². The van der Waals surface area contributed by atoms with Crippen LogP contribution in [0.5, 0.6) is 0 Å². The Morgan fingerprint density at radius 1 is 1.05 bits per heavy atom. The maximum Gasteiger partial charge on any atom is 0.103 e. The summed E-state index contributed by atoms with van der Waals surface area (Å²) in [5.41, 5.74) is 3.98. The minimum Gasteiger partial charge on any atom is -0.340 e. The lowest BCUT2D eigenvalue weighted by Gasteiger charge is -2.32. The topological polar surface area (TPSA) is 27.0 Å². The van der Waals surface area contributed by atoms with Gasteiger partial charge in [0.1, 0.15) is 6.07 Å². The minimum absolute atomic E-state index is 0.517. The molecule has 2 aromatic rings. The van der Waals surface area contributed by atoms with Crippen LogP contribution < -0.4 is 4.90 Å². The smallest absolute Gasteiger partial charge is 0.103 e. The molecule has 0 unspecified atom stereocenters. The molecule has 0 bridgehead atoms. The quantitative estimate of drug-likeness (QED) is 0.771. The van der Waals surface area contributed by atoms with Crippen LogP contribution in [-0.4, -0.2) is 6.54 Å². The van der Waals surface area contributed by atoms with Gasteiger partial charge in [-0.15, -0.1) is 0 Å². The molecule has 94 valence electrons. The van der Waals surface area contributed by atoms with Crippen molar-refractivity contribution < 1.29 is 0 Å². The molecule has 0 N–H and O–H groups in total. The molecular weight excluding hydrogens is 256 g/mol. The zero-order chi connectivity index (χ0) is 13.2. The third-order valence-electron chi connectivity index (χ3n) is 3.50. The van der Waals surface area contributed by atoms with Crippen molar-refractivity contribution in [2.24, 2.45) is 0 Å². The molecule has 0 saturated heterocycles. The van der Waals surface area contributed by atoms with Gasteiger partial charge in [-0.2, -0.15) is 5.26 Å². The Morgan fingerprint density at radius 2 is 1.84 bits per heavy atom. The number of fused-ring (bicyclic) bond motifs is 1. The van der Waals surface area contributed by atoms with Crippen LogP contribution in [0.4, 0.5) is 11.4 Å². The van der Waals surface area contributed by atoms with E-state index in [9.17, 15) is 5.26 Å². The lowest BCUT2D eigenvalue weighted by molar-refractivity contribution is 0.766. The first kappa shape index (κ1) is 12.1. The third-order valence-corrected chi connectivity index (χ3v) is 3.82. The van der Waals surface area contributed by atoms with Gasteiger partial charge < -0.3 is 4.90 Å². The molecule has 0 spiro atoms. The number of nitriles is 1. The highest BCUT2D eigenvalue weighted by Gasteiger charge is 2.20. The Hall–Kier alpha value is -1.98. The SMILES string of the molecule is N#Cc1c(Cl)cccc1N1CCCc2ccccc21. The summed E-state index contributed by atoms with van der Waals surface area (Å²) in [7, 11) is 0. The van der Waals surface area contributed by atoms with E-state index in [-0.39, 0.29) is 0 Å². The number of rotatable bonds is 1. The van der Waals surface area contributed by atoms with Gasteiger partial charge in [0.25, 0.3) is 0 Å². The lowest BCUT2D eigenvalue weighted by atomic mass is 10.00. The first-order chi connectivity index (χ1) is 9.31. The van der Waals surface area contributed by atoms with Crippen LogP contribution in [0.2, 0.25) is 5.02 Å². The van der Waals surface area contributed by atoms with Crippen LogP contribution in [0.1, 0.15) is 17.5 Å². The van der Waals surface area contributed by atoms with Crippen molar-refractivity contribution >= 4 is 23.0 Å². The predicted molar refractivity (Wildman–Crippen MR) is 77.9 cm³/mol. The van der Waals surface area contributed by atoms with Crippen LogP contribution in [-0.2, 0) is 6.42 Å². The van der Waals surface area contributed by atoms with Gasteiger partial charge in [0.15, 0.2) is 0 Å². The molecule has 0 amide bonds. The van der Waals surface area contributed by atoms with Crippen molar-refractivity contribution in [1.82, 2.24) is 0 Å². The molecule has 3 heteroatoms. The molecule has 0 aliphatic carbocycles. The molecule has 0 atom stereocenters. The molecule has 1 aliphatic rings. The summed E-state index contributed by atoms with van der Waals surface area (Å²) in [4.78, 5) is 2.20. The van der Waals surface area contributed by atoms with Crippen molar-refractivity contribution in [2.45, 2.75) is 12.8 Å². The van der Waals surface area contributed by atoms with Gasteiger partial charge in [-0.3, -0.25) is 0 Å². The molecular formula is C16H13ClN2. The average molecular weight is 269 g/mol. The Morgan fingerprint density at radius 3 is 2.68 bits per heavy atom. The van der Waals surface area contributed by atoms with Gasteiger partial charge in [0.2, 0.25) is 0 Å². The predicted octanol–water partition coefficient (Wildman–Crippen LogP) is 4.30. The standard InChI is InChI=1S/C16H13ClN2/c17-14-7-3-9-16(13(14)11-18)19-10-4-6-12-5-1-2-8-15(12)19/h1-3,5,7-9H,4,6,10H2. The summed E-state index contributed by atoms with van der Waals surface area (Å²) < 4.78 is 0. The molecule has 2 aromatic carbocycles. The summed E-state index contributed by atoms with van der Waals surface area (Å²) in [5, 5.41) is 9.83. The monoisotopic (exact) mass is 268 g/mol. The number of hydrogen-bond acceptors (Lipinski definition) is 2. The van der Waals surface area contributed by atoms with E-state index in [0.29, 0.717) is 10.6 Å². The summed E-state index contributed by atoms with van der Waals surface area (Å²) in [6, 6.07) is 16.2. The van der Waals surface area contributed by atoms with Crippen molar-refractivity contribution in [2.75, 3.05) is 11.4 Å². The summed E-state index contributed by atoms with van der Waals surface area (Å²) >= 11 is 6.13. The van der Waals surface area contributed by atoms with Crippen LogP contribution in [0.15, 0.2) is 42.5 Å². The molecule has 0 aromatic heterocycles. The van der Waals surface area contributed by atoms with E-state index in [1.165, 1.54) is 11.3 Å². The largest absolute Gasteiger partial charge is 0.340 e. The Bertz CT molecular complexity index is 658. The molecule has 0 radical (unpaired) electrons. The number of anilines is 2. The lowest BCUT2D eigenvalue weighted by Crippen LogP contribution is -2.25. The number of nitrogens with zero attached hydrogens (tertiary/aromatic N) is 2. The second-order valence-electron chi connectivity index (χ2n) is 4.63. The minimum atomic E-state index is 0.517. The maximum absolute atomic E-state index is 9.32. The van der Waals surface area contributed by atoms with E-state index in [0.717, 1.165) is 25.1 Å². The Kier molecular flexibility index (Phi) is 3.15. The number of hydrogen-bond donors (Lipinski definition) is 0. The van der Waals surface area contributed by atoms with Crippen LogP contribution in [0.25, 0.3) is 0 Å². The number of benzene rings is 2. The molecule has 2 nitrogen and oxygen atoms in total. The Balaban J connectivity index is 2.15.